The van der Waals surface area contributed by atoms with Crippen molar-refractivity contribution < 1.29 is 4.74 Å². The van der Waals surface area contributed by atoms with Crippen molar-refractivity contribution in [1.82, 2.24) is 10.2 Å². The SMILES string of the molecule is CNC1C(N2CCCC(COC)C2)CCCC1(C)C. The van der Waals surface area contributed by atoms with Gasteiger partial charge in [0.1, 0.15) is 0 Å². The molecule has 0 aromatic rings. The van der Waals surface area contributed by atoms with E-state index in [9.17, 15) is 0 Å². The summed E-state index contributed by atoms with van der Waals surface area (Å²) in [7, 11) is 3.97. The van der Waals surface area contributed by atoms with Crippen LogP contribution in [0.15, 0.2) is 0 Å². The number of hydrogen-bond donors (Lipinski definition) is 1. The number of methoxy groups -OCH3 is 1. The van der Waals surface area contributed by atoms with Crippen LogP contribution >= 0.6 is 0 Å². The van der Waals surface area contributed by atoms with Crippen LogP contribution in [0, 0.1) is 11.3 Å². The largest absolute Gasteiger partial charge is 0.384 e. The molecule has 2 aliphatic rings. The van der Waals surface area contributed by atoms with Crippen molar-refractivity contribution in [2.24, 2.45) is 11.3 Å². The molecule has 3 atom stereocenters. The molecular formula is C16H32N2O. The van der Waals surface area contributed by atoms with Gasteiger partial charge in [0.25, 0.3) is 0 Å². The Morgan fingerprint density at radius 3 is 2.74 bits per heavy atom. The van der Waals surface area contributed by atoms with Gasteiger partial charge in [0, 0.05) is 25.7 Å². The average Bonchev–Trinajstić information content (AvgIpc) is 2.38. The van der Waals surface area contributed by atoms with Crippen molar-refractivity contribution in [2.75, 3.05) is 33.9 Å². The molecule has 0 spiro atoms. The number of rotatable bonds is 4. The van der Waals surface area contributed by atoms with Crippen molar-refractivity contribution in [2.45, 2.75) is 58.0 Å². The van der Waals surface area contributed by atoms with E-state index in [1.807, 2.05) is 7.11 Å². The van der Waals surface area contributed by atoms with Crippen LogP contribution in [0.25, 0.3) is 0 Å². The second kappa shape index (κ2) is 6.55. The molecule has 1 aliphatic carbocycles. The Hall–Kier alpha value is -0.120. The summed E-state index contributed by atoms with van der Waals surface area (Å²) >= 11 is 0. The maximum Gasteiger partial charge on any atom is 0.0502 e. The van der Waals surface area contributed by atoms with E-state index < -0.39 is 0 Å². The highest BCUT2D eigenvalue weighted by molar-refractivity contribution is 4.98. The Labute approximate surface area is 119 Å². The zero-order valence-corrected chi connectivity index (χ0v) is 13.2. The maximum atomic E-state index is 5.37. The predicted molar refractivity (Wildman–Crippen MR) is 80.4 cm³/mol. The number of ether oxygens (including phenoxy) is 1. The minimum absolute atomic E-state index is 0.422. The van der Waals surface area contributed by atoms with Crippen LogP contribution in [0.3, 0.4) is 0 Å². The Kier molecular flexibility index (Phi) is 5.27. The molecule has 2 rings (SSSR count). The first-order valence-electron chi connectivity index (χ1n) is 7.98. The standard InChI is InChI=1S/C16H32N2O/c1-16(2)9-5-8-14(15(16)17-3)18-10-6-7-13(11-18)12-19-4/h13-15,17H,5-12H2,1-4H3. The second-order valence-electron chi connectivity index (χ2n) is 7.17. The van der Waals surface area contributed by atoms with Crippen LogP contribution in [0.2, 0.25) is 0 Å². The molecule has 0 aromatic heterocycles. The number of likely N-dealkylation sites (N-methyl/N-ethyl adjacent to an activating group) is 1. The van der Waals surface area contributed by atoms with E-state index >= 15 is 0 Å². The molecule has 112 valence electrons. The lowest BCUT2D eigenvalue weighted by Crippen LogP contribution is -2.59. The van der Waals surface area contributed by atoms with E-state index in [0.717, 1.165) is 12.5 Å². The molecule has 1 heterocycles. The molecule has 1 N–H and O–H groups in total. The molecule has 1 saturated heterocycles. The highest BCUT2D eigenvalue weighted by Gasteiger charge is 2.41. The van der Waals surface area contributed by atoms with Gasteiger partial charge in [-0.2, -0.15) is 0 Å². The fourth-order valence-electron chi connectivity index (χ4n) is 4.36. The van der Waals surface area contributed by atoms with Crippen LogP contribution in [-0.2, 0) is 4.74 Å². The number of nitrogens with zero attached hydrogens (tertiary/aromatic N) is 1. The lowest BCUT2D eigenvalue weighted by Gasteiger charge is -2.50. The fourth-order valence-corrected chi connectivity index (χ4v) is 4.36. The van der Waals surface area contributed by atoms with E-state index in [0.29, 0.717) is 17.5 Å². The van der Waals surface area contributed by atoms with Gasteiger partial charge in [0.15, 0.2) is 0 Å². The van der Waals surface area contributed by atoms with Gasteiger partial charge in [-0.05, 0) is 50.6 Å². The van der Waals surface area contributed by atoms with Gasteiger partial charge < -0.3 is 10.1 Å². The first kappa shape index (κ1) is 15.3. The molecule has 0 amide bonds. The topological polar surface area (TPSA) is 24.5 Å². The molecule has 1 aliphatic heterocycles. The maximum absolute atomic E-state index is 5.37. The van der Waals surface area contributed by atoms with Crippen molar-refractivity contribution >= 4 is 0 Å². The number of hydrogen-bond acceptors (Lipinski definition) is 3. The van der Waals surface area contributed by atoms with E-state index in [-0.39, 0.29) is 0 Å². The van der Waals surface area contributed by atoms with Gasteiger partial charge in [-0.15, -0.1) is 0 Å². The molecule has 1 saturated carbocycles. The van der Waals surface area contributed by atoms with Crippen molar-refractivity contribution in [1.29, 1.82) is 0 Å². The van der Waals surface area contributed by atoms with E-state index in [1.165, 1.54) is 45.2 Å². The molecule has 0 bridgehead atoms. The van der Waals surface area contributed by atoms with Gasteiger partial charge in [0.05, 0.1) is 6.61 Å². The van der Waals surface area contributed by atoms with Crippen LogP contribution in [-0.4, -0.2) is 50.8 Å². The van der Waals surface area contributed by atoms with Gasteiger partial charge in [-0.25, -0.2) is 0 Å². The smallest absolute Gasteiger partial charge is 0.0502 e. The number of likely N-dealkylation sites (tertiary alicyclic amines) is 1. The summed E-state index contributed by atoms with van der Waals surface area (Å²) in [4.78, 5) is 2.75. The molecule has 0 radical (unpaired) electrons. The van der Waals surface area contributed by atoms with Gasteiger partial charge in [-0.3, -0.25) is 4.90 Å². The zero-order chi connectivity index (χ0) is 13.9. The van der Waals surface area contributed by atoms with Crippen LogP contribution in [0.5, 0.6) is 0 Å². The van der Waals surface area contributed by atoms with Crippen molar-refractivity contribution in [3.63, 3.8) is 0 Å². The van der Waals surface area contributed by atoms with Gasteiger partial charge in [-0.1, -0.05) is 20.3 Å². The third-order valence-corrected chi connectivity index (χ3v) is 5.28. The summed E-state index contributed by atoms with van der Waals surface area (Å²) in [5.41, 5.74) is 0.422. The van der Waals surface area contributed by atoms with E-state index in [1.54, 1.807) is 0 Å². The van der Waals surface area contributed by atoms with Gasteiger partial charge in [0.2, 0.25) is 0 Å². The van der Waals surface area contributed by atoms with Crippen LogP contribution in [0.1, 0.15) is 46.0 Å². The quantitative estimate of drug-likeness (QED) is 0.848. The minimum atomic E-state index is 0.422. The zero-order valence-electron chi connectivity index (χ0n) is 13.2. The molecule has 3 heteroatoms. The third kappa shape index (κ3) is 3.50. The van der Waals surface area contributed by atoms with Crippen LogP contribution < -0.4 is 5.32 Å². The predicted octanol–water partition coefficient (Wildman–Crippen LogP) is 2.51. The minimum Gasteiger partial charge on any atom is -0.384 e. The summed E-state index contributed by atoms with van der Waals surface area (Å²) in [6, 6.07) is 1.34. The highest BCUT2D eigenvalue weighted by Crippen LogP contribution is 2.38. The molecule has 0 aromatic carbocycles. The molecule has 3 unspecified atom stereocenters. The first-order valence-corrected chi connectivity index (χ1v) is 7.98. The summed E-state index contributed by atoms with van der Waals surface area (Å²) in [6.45, 7) is 8.29. The number of piperidine rings is 1. The second-order valence-corrected chi connectivity index (χ2v) is 7.17. The lowest BCUT2D eigenvalue weighted by atomic mass is 9.70. The summed E-state index contributed by atoms with van der Waals surface area (Å²) < 4.78 is 5.37. The molecule has 2 fully saturated rings. The Bertz CT molecular complexity index is 278. The fraction of sp³-hybridized carbons (Fsp3) is 1.00. The Morgan fingerprint density at radius 1 is 1.26 bits per heavy atom. The van der Waals surface area contributed by atoms with Crippen molar-refractivity contribution in [3.05, 3.63) is 0 Å². The normalized spacial score (nSPS) is 36.3. The lowest BCUT2D eigenvalue weighted by molar-refractivity contribution is 0.0120. The summed E-state index contributed by atoms with van der Waals surface area (Å²) in [5, 5.41) is 3.62. The highest BCUT2D eigenvalue weighted by atomic mass is 16.5. The third-order valence-electron chi connectivity index (χ3n) is 5.28. The molecular weight excluding hydrogens is 236 g/mol. The average molecular weight is 268 g/mol. The Balaban J connectivity index is 2.02. The molecule has 3 nitrogen and oxygen atoms in total. The van der Waals surface area contributed by atoms with Gasteiger partial charge >= 0.3 is 0 Å². The van der Waals surface area contributed by atoms with Crippen molar-refractivity contribution in [3.8, 4) is 0 Å². The van der Waals surface area contributed by atoms with Crippen LogP contribution in [0.4, 0.5) is 0 Å². The summed E-state index contributed by atoms with van der Waals surface area (Å²) in [6.07, 6.45) is 6.76. The monoisotopic (exact) mass is 268 g/mol. The Morgan fingerprint density at radius 2 is 2.05 bits per heavy atom. The van der Waals surface area contributed by atoms with E-state index in [2.05, 4.69) is 31.1 Å². The number of nitrogens with one attached hydrogen (secondary N) is 1. The van der Waals surface area contributed by atoms with E-state index in [4.69, 9.17) is 4.74 Å². The first-order chi connectivity index (χ1) is 9.08. The summed E-state index contributed by atoms with van der Waals surface area (Å²) in [5.74, 6) is 0.737. The molecule has 19 heavy (non-hydrogen) atoms.